The Morgan fingerprint density at radius 1 is 1.48 bits per heavy atom. The molecule has 0 fully saturated rings. The average molecular weight is 324 g/mol. The van der Waals surface area contributed by atoms with Crippen LogP contribution in [0.5, 0.6) is 0 Å². The van der Waals surface area contributed by atoms with Crippen LogP contribution in [0.3, 0.4) is 0 Å². The highest BCUT2D eigenvalue weighted by atomic mass is 35.5. The zero-order valence-corrected chi connectivity index (χ0v) is 12.9. The maximum absolute atomic E-state index is 12.0. The third-order valence-corrected chi connectivity index (χ3v) is 4.51. The summed E-state index contributed by atoms with van der Waals surface area (Å²) in [5.41, 5.74) is 1.68. The van der Waals surface area contributed by atoms with Crippen molar-refractivity contribution in [3.63, 3.8) is 0 Å². The average Bonchev–Trinajstić information content (AvgIpc) is 3.05. The minimum Gasteiger partial charge on any atom is -0.324 e. The van der Waals surface area contributed by atoms with Crippen LogP contribution in [-0.2, 0) is 4.79 Å². The van der Waals surface area contributed by atoms with Crippen LogP contribution < -0.4 is 10.6 Å². The normalized spacial score (nSPS) is 16.9. The van der Waals surface area contributed by atoms with Crippen LogP contribution in [0.2, 0.25) is 5.02 Å². The van der Waals surface area contributed by atoms with Crippen LogP contribution in [0.15, 0.2) is 28.5 Å². The Kier molecular flexibility index (Phi) is 4.14. The number of rotatable bonds is 5. The first kappa shape index (κ1) is 14.4. The Labute approximate surface area is 131 Å². The van der Waals surface area contributed by atoms with Crippen molar-refractivity contribution in [2.75, 3.05) is 11.9 Å². The Morgan fingerprint density at radius 3 is 3.05 bits per heavy atom. The minimum absolute atomic E-state index is 0.0451. The molecule has 1 unspecified atom stereocenters. The van der Waals surface area contributed by atoms with E-state index in [2.05, 4.69) is 32.7 Å². The smallest absolute Gasteiger partial charge is 0.246 e. The van der Waals surface area contributed by atoms with E-state index in [9.17, 15) is 4.79 Å². The number of anilines is 1. The highest BCUT2D eigenvalue weighted by Crippen LogP contribution is 2.40. The predicted octanol–water partition coefficient (Wildman–Crippen LogP) is 2.60. The first-order valence-corrected chi connectivity index (χ1v) is 7.79. The first-order valence-electron chi connectivity index (χ1n) is 6.60. The van der Waals surface area contributed by atoms with Gasteiger partial charge in [0.15, 0.2) is 5.16 Å². The monoisotopic (exact) mass is 323 g/mol. The Hall–Kier alpha value is -1.57. The molecule has 8 heteroatoms. The molecule has 1 atom stereocenters. The summed E-state index contributed by atoms with van der Waals surface area (Å²) >= 11 is 7.70. The van der Waals surface area contributed by atoms with Gasteiger partial charge < -0.3 is 10.6 Å². The summed E-state index contributed by atoms with van der Waals surface area (Å²) in [6.07, 6.45) is 2.41. The number of benzene rings is 1. The van der Waals surface area contributed by atoms with E-state index in [0.29, 0.717) is 10.2 Å². The van der Waals surface area contributed by atoms with Gasteiger partial charge in [-0.3, -0.25) is 9.89 Å². The molecule has 110 valence electrons. The number of amides is 1. The summed E-state index contributed by atoms with van der Waals surface area (Å²) in [4.78, 5) is 16.9. The second-order valence-corrected chi connectivity index (χ2v) is 6.08. The van der Waals surface area contributed by atoms with Crippen LogP contribution in [0, 0.1) is 0 Å². The fraction of sp³-hybridized carbons (Fsp3) is 0.308. The van der Waals surface area contributed by atoms with E-state index in [1.54, 1.807) is 0 Å². The van der Waals surface area contributed by atoms with Gasteiger partial charge in [0.2, 0.25) is 5.91 Å². The largest absolute Gasteiger partial charge is 0.324 e. The Balaban J connectivity index is 1.88. The number of hydrogen-bond acceptors (Lipinski definition) is 5. The molecule has 1 aliphatic rings. The van der Waals surface area contributed by atoms with E-state index in [0.717, 1.165) is 29.1 Å². The highest BCUT2D eigenvalue weighted by Gasteiger charge is 2.31. The molecule has 0 bridgehead atoms. The maximum Gasteiger partial charge on any atom is 0.246 e. The van der Waals surface area contributed by atoms with E-state index in [1.807, 2.05) is 12.1 Å². The molecule has 2 aromatic rings. The molecule has 3 N–H and O–H groups in total. The molecular weight excluding hydrogens is 310 g/mol. The number of fused-ring (bicyclic) bond motifs is 1. The van der Waals surface area contributed by atoms with Crippen LogP contribution in [0.1, 0.15) is 24.9 Å². The molecule has 6 nitrogen and oxygen atoms in total. The second kappa shape index (κ2) is 6.05. The summed E-state index contributed by atoms with van der Waals surface area (Å²) in [5.74, 6) is -0.0451. The quantitative estimate of drug-likeness (QED) is 0.788. The number of hydrogen-bond donors (Lipinski definition) is 3. The van der Waals surface area contributed by atoms with Crippen LogP contribution in [-0.4, -0.2) is 27.6 Å². The van der Waals surface area contributed by atoms with Crippen molar-refractivity contribution in [2.24, 2.45) is 0 Å². The van der Waals surface area contributed by atoms with Crippen molar-refractivity contribution in [2.45, 2.75) is 29.4 Å². The molecule has 0 saturated carbocycles. The van der Waals surface area contributed by atoms with E-state index in [4.69, 9.17) is 11.6 Å². The van der Waals surface area contributed by atoms with Crippen LogP contribution in [0.25, 0.3) is 0 Å². The van der Waals surface area contributed by atoms with Crippen molar-refractivity contribution < 1.29 is 4.79 Å². The lowest BCUT2D eigenvalue weighted by Crippen LogP contribution is -2.27. The molecule has 1 aromatic heterocycles. The number of carbonyl (C=O) groups excluding carboxylic acids is 1. The zero-order chi connectivity index (χ0) is 14.8. The highest BCUT2D eigenvalue weighted by molar-refractivity contribution is 7.99. The number of nitrogens with one attached hydrogen (secondary N) is 3. The molecule has 0 saturated heterocycles. The van der Waals surface area contributed by atoms with Crippen molar-refractivity contribution in [3.8, 4) is 0 Å². The number of H-pyrrole nitrogens is 1. The molecule has 0 aliphatic carbocycles. The van der Waals surface area contributed by atoms with Gasteiger partial charge in [-0.05, 0) is 36.9 Å². The molecular formula is C13H14ClN5OS. The molecule has 0 spiro atoms. The van der Waals surface area contributed by atoms with Gasteiger partial charge >= 0.3 is 0 Å². The van der Waals surface area contributed by atoms with Gasteiger partial charge in [-0.2, -0.15) is 5.10 Å². The summed E-state index contributed by atoms with van der Waals surface area (Å²) < 4.78 is 0. The molecule has 1 aromatic carbocycles. The standard InChI is InChI=1S/C13H14ClN5OS/c1-2-3-15-11-7-4-8(14)10(5-9(7)18-12(11)20)21-13-16-6-17-19-13/h4-6,11,15H,2-3H2,1H3,(H,18,20)(H,16,17,19). The maximum atomic E-state index is 12.0. The van der Waals surface area contributed by atoms with Gasteiger partial charge in [-0.15, -0.1) is 0 Å². The number of carbonyl (C=O) groups is 1. The number of aromatic amines is 1. The number of halogens is 1. The molecule has 3 rings (SSSR count). The number of nitrogens with zero attached hydrogens (tertiary/aromatic N) is 2. The molecule has 21 heavy (non-hydrogen) atoms. The van der Waals surface area contributed by atoms with Crippen molar-refractivity contribution in [1.82, 2.24) is 20.5 Å². The van der Waals surface area contributed by atoms with E-state index >= 15 is 0 Å². The Bertz CT molecular complexity index is 661. The van der Waals surface area contributed by atoms with Crippen molar-refractivity contribution in [1.29, 1.82) is 0 Å². The van der Waals surface area contributed by atoms with E-state index in [-0.39, 0.29) is 11.9 Å². The fourth-order valence-electron chi connectivity index (χ4n) is 2.18. The molecule has 1 amide bonds. The summed E-state index contributed by atoms with van der Waals surface area (Å²) in [6, 6.07) is 3.37. The van der Waals surface area contributed by atoms with Crippen molar-refractivity contribution >= 4 is 35.0 Å². The molecule has 1 aliphatic heterocycles. The molecule has 2 heterocycles. The third-order valence-electron chi connectivity index (χ3n) is 3.13. The van der Waals surface area contributed by atoms with Crippen molar-refractivity contribution in [3.05, 3.63) is 29.0 Å². The van der Waals surface area contributed by atoms with Gasteiger partial charge in [0.25, 0.3) is 0 Å². The van der Waals surface area contributed by atoms with Crippen LogP contribution in [0.4, 0.5) is 5.69 Å². The SMILES string of the molecule is CCCNC1C(=O)Nc2cc(Sc3ncn[nH]3)c(Cl)cc21. The van der Waals surface area contributed by atoms with E-state index in [1.165, 1.54) is 18.1 Å². The van der Waals surface area contributed by atoms with Gasteiger partial charge in [-0.1, -0.05) is 18.5 Å². The lowest BCUT2D eigenvalue weighted by atomic mass is 10.1. The lowest BCUT2D eigenvalue weighted by Gasteiger charge is -2.11. The van der Waals surface area contributed by atoms with Gasteiger partial charge in [-0.25, -0.2) is 4.98 Å². The molecule has 0 radical (unpaired) electrons. The summed E-state index contributed by atoms with van der Waals surface area (Å²) in [6.45, 7) is 2.84. The van der Waals surface area contributed by atoms with Gasteiger partial charge in [0, 0.05) is 16.1 Å². The number of aromatic nitrogens is 3. The predicted molar refractivity (Wildman–Crippen MR) is 81.6 cm³/mol. The zero-order valence-electron chi connectivity index (χ0n) is 11.3. The third kappa shape index (κ3) is 2.90. The lowest BCUT2D eigenvalue weighted by molar-refractivity contribution is -0.117. The minimum atomic E-state index is -0.332. The summed E-state index contributed by atoms with van der Waals surface area (Å²) in [7, 11) is 0. The van der Waals surface area contributed by atoms with Gasteiger partial charge in [0.05, 0.1) is 5.02 Å². The first-order chi connectivity index (χ1) is 10.2. The topological polar surface area (TPSA) is 82.7 Å². The van der Waals surface area contributed by atoms with E-state index < -0.39 is 0 Å². The Morgan fingerprint density at radius 2 is 2.33 bits per heavy atom. The van der Waals surface area contributed by atoms with Crippen LogP contribution >= 0.6 is 23.4 Å². The fourth-order valence-corrected chi connectivity index (χ4v) is 3.21. The summed E-state index contributed by atoms with van der Waals surface area (Å²) in [5, 5.41) is 13.9. The second-order valence-electron chi connectivity index (χ2n) is 4.64. The van der Waals surface area contributed by atoms with Gasteiger partial charge in [0.1, 0.15) is 12.4 Å².